The van der Waals surface area contributed by atoms with Crippen LogP contribution in [0.4, 0.5) is 4.39 Å². The van der Waals surface area contributed by atoms with E-state index in [1.54, 1.807) is 12.1 Å². The van der Waals surface area contributed by atoms with Crippen LogP contribution in [0.1, 0.15) is 19.4 Å². The van der Waals surface area contributed by atoms with Gasteiger partial charge in [-0.2, -0.15) is 0 Å². The van der Waals surface area contributed by atoms with Crippen molar-refractivity contribution < 1.29 is 14.3 Å². The summed E-state index contributed by atoms with van der Waals surface area (Å²) in [6.45, 7) is 2.60. The topological polar surface area (TPSA) is 37.3 Å². The van der Waals surface area contributed by atoms with Crippen LogP contribution in [-0.2, 0) is 10.5 Å². The van der Waals surface area contributed by atoms with E-state index in [4.69, 9.17) is 16.7 Å². The second-order valence-corrected chi connectivity index (χ2v) is 4.08. The van der Waals surface area contributed by atoms with Crippen molar-refractivity contribution in [3.8, 4) is 0 Å². The zero-order chi connectivity index (χ0) is 11.6. The van der Waals surface area contributed by atoms with Crippen molar-refractivity contribution in [1.82, 2.24) is 0 Å². The molecule has 2 nitrogen and oxygen atoms in total. The van der Waals surface area contributed by atoms with Crippen molar-refractivity contribution >= 4 is 17.6 Å². The summed E-state index contributed by atoms with van der Waals surface area (Å²) in [7, 11) is 0. The highest BCUT2D eigenvalue weighted by Crippen LogP contribution is 2.34. The molecule has 0 fully saturated rings. The molecule has 1 rings (SSSR count). The lowest BCUT2D eigenvalue weighted by Gasteiger charge is -2.25. The zero-order valence-corrected chi connectivity index (χ0v) is 9.25. The van der Waals surface area contributed by atoms with Gasteiger partial charge in [0.1, 0.15) is 5.67 Å². The average Bonchev–Trinajstić information content (AvgIpc) is 2.17. The molecule has 0 saturated heterocycles. The fraction of sp³-hybridized carbons (Fsp3) is 0.364. The van der Waals surface area contributed by atoms with Crippen molar-refractivity contribution in [2.75, 3.05) is 0 Å². The van der Waals surface area contributed by atoms with Gasteiger partial charge in [0.05, 0.1) is 5.92 Å². The lowest BCUT2D eigenvalue weighted by atomic mass is 9.86. The number of alkyl halides is 1. The Morgan fingerprint density at radius 1 is 1.47 bits per heavy atom. The molecule has 0 aromatic heterocycles. The second kappa shape index (κ2) is 4.19. The van der Waals surface area contributed by atoms with E-state index in [9.17, 15) is 9.18 Å². The molecule has 1 aromatic rings. The molecule has 1 aromatic carbocycles. The maximum Gasteiger partial charge on any atom is 0.309 e. The molecule has 0 aliphatic carbocycles. The van der Waals surface area contributed by atoms with Crippen LogP contribution in [0.3, 0.4) is 0 Å². The van der Waals surface area contributed by atoms with Gasteiger partial charge in [0.25, 0.3) is 0 Å². The fourth-order valence-corrected chi connectivity index (χ4v) is 1.38. The Morgan fingerprint density at radius 3 is 2.33 bits per heavy atom. The third-order valence-corrected chi connectivity index (χ3v) is 2.84. The highest BCUT2D eigenvalue weighted by Gasteiger charge is 2.37. The standard InChI is InChI=1S/C11H12ClFO2/c1-7(10(14)15)11(2,13)8-3-5-9(12)6-4-8/h3-7H,1-2H3,(H,14,15). The maximum atomic E-state index is 14.2. The van der Waals surface area contributed by atoms with Gasteiger partial charge in [-0.05, 0) is 31.5 Å². The molecule has 0 saturated carbocycles. The largest absolute Gasteiger partial charge is 0.481 e. The van der Waals surface area contributed by atoms with Crippen LogP contribution in [-0.4, -0.2) is 11.1 Å². The molecule has 0 spiro atoms. The smallest absolute Gasteiger partial charge is 0.309 e. The number of aliphatic carboxylic acids is 1. The average molecular weight is 231 g/mol. The van der Waals surface area contributed by atoms with Crippen LogP contribution in [0, 0.1) is 5.92 Å². The van der Waals surface area contributed by atoms with E-state index < -0.39 is 17.6 Å². The molecule has 0 bridgehead atoms. The number of hydrogen-bond donors (Lipinski definition) is 1. The molecule has 15 heavy (non-hydrogen) atoms. The van der Waals surface area contributed by atoms with Crippen molar-refractivity contribution in [1.29, 1.82) is 0 Å². The minimum absolute atomic E-state index is 0.321. The summed E-state index contributed by atoms with van der Waals surface area (Å²) in [5.41, 5.74) is -1.57. The Balaban J connectivity index is 3.05. The lowest BCUT2D eigenvalue weighted by molar-refractivity contribution is -0.146. The third-order valence-electron chi connectivity index (χ3n) is 2.59. The molecule has 2 atom stereocenters. The summed E-state index contributed by atoms with van der Waals surface area (Å²) < 4.78 is 14.2. The van der Waals surface area contributed by atoms with Gasteiger partial charge >= 0.3 is 5.97 Å². The molecule has 82 valence electrons. The highest BCUT2D eigenvalue weighted by atomic mass is 35.5. The SMILES string of the molecule is CC(C(=O)O)C(C)(F)c1ccc(Cl)cc1. The van der Waals surface area contributed by atoms with Crippen molar-refractivity contribution in [2.45, 2.75) is 19.5 Å². The van der Waals surface area contributed by atoms with Crippen molar-refractivity contribution in [3.63, 3.8) is 0 Å². The van der Waals surface area contributed by atoms with Crippen LogP contribution in [0.15, 0.2) is 24.3 Å². The molecule has 0 heterocycles. The molecule has 0 aliphatic rings. The molecule has 0 aliphatic heterocycles. The Kier molecular flexibility index (Phi) is 3.35. The molecule has 0 amide bonds. The third kappa shape index (κ3) is 2.48. The predicted molar refractivity (Wildman–Crippen MR) is 56.7 cm³/mol. The minimum atomic E-state index is -1.89. The number of hydrogen-bond acceptors (Lipinski definition) is 1. The molecule has 2 unspecified atom stereocenters. The van der Waals surface area contributed by atoms with E-state index in [0.29, 0.717) is 10.6 Å². The number of carbonyl (C=O) groups is 1. The van der Waals surface area contributed by atoms with Gasteiger partial charge < -0.3 is 5.11 Å². The molecule has 1 N–H and O–H groups in total. The van der Waals surface area contributed by atoms with Crippen LogP contribution < -0.4 is 0 Å². The normalized spacial score (nSPS) is 16.8. The van der Waals surface area contributed by atoms with Crippen molar-refractivity contribution in [2.24, 2.45) is 5.92 Å². The summed E-state index contributed by atoms with van der Waals surface area (Å²) in [5.74, 6) is -2.26. The van der Waals surface area contributed by atoms with Gasteiger partial charge in [0.2, 0.25) is 0 Å². The van der Waals surface area contributed by atoms with Gasteiger partial charge in [-0.15, -0.1) is 0 Å². The molecular weight excluding hydrogens is 219 g/mol. The number of carboxylic acids is 1. The van der Waals surface area contributed by atoms with Crippen LogP contribution >= 0.6 is 11.6 Å². The van der Waals surface area contributed by atoms with Gasteiger partial charge in [0, 0.05) is 5.02 Å². The number of benzene rings is 1. The summed E-state index contributed by atoms with van der Waals surface area (Å²) >= 11 is 5.67. The first kappa shape index (κ1) is 12.0. The Hall–Kier alpha value is -1.09. The Labute approximate surface area is 92.7 Å². The lowest BCUT2D eigenvalue weighted by Crippen LogP contribution is -2.31. The number of rotatable bonds is 3. The second-order valence-electron chi connectivity index (χ2n) is 3.64. The Morgan fingerprint density at radius 2 is 1.93 bits per heavy atom. The summed E-state index contributed by atoms with van der Waals surface area (Å²) in [6.07, 6.45) is 0. The molecule has 0 radical (unpaired) electrons. The number of halogens is 2. The van der Waals surface area contributed by atoms with Crippen LogP contribution in [0.25, 0.3) is 0 Å². The summed E-state index contributed by atoms with van der Waals surface area (Å²) in [6, 6.07) is 6.09. The summed E-state index contributed by atoms with van der Waals surface area (Å²) in [5, 5.41) is 9.27. The fourth-order valence-electron chi connectivity index (χ4n) is 1.26. The monoisotopic (exact) mass is 230 g/mol. The maximum absolute atomic E-state index is 14.2. The van der Waals surface area contributed by atoms with E-state index in [0.717, 1.165) is 0 Å². The predicted octanol–water partition coefficient (Wildman–Crippen LogP) is 3.25. The summed E-state index contributed by atoms with van der Waals surface area (Å²) in [4.78, 5) is 10.7. The van der Waals surface area contributed by atoms with Crippen molar-refractivity contribution in [3.05, 3.63) is 34.9 Å². The first-order valence-electron chi connectivity index (χ1n) is 4.53. The van der Waals surface area contributed by atoms with E-state index >= 15 is 0 Å². The highest BCUT2D eigenvalue weighted by molar-refractivity contribution is 6.30. The zero-order valence-electron chi connectivity index (χ0n) is 8.50. The quantitative estimate of drug-likeness (QED) is 0.866. The van der Waals surface area contributed by atoms with Gasteiger partial charge in [-0.25, -0.2) is 4.39 Å². The van der Waals surface area contributed by atoms with E-state index in [1.807, 2.05) is 0 Å². The first-order valence-corrected chi connectivity index (χ1v) is 4.91. The molecular formula is C11H12ClFO2. The van der Waals surface area contributed by atoms with Crippen LogP contribution in [0.5, 0.6) is 0 Å². The molecule has 4 heteroatoms. The van der Waals surface area contributed by atoms with E-state index in [-0.39, 0.29) is 0 Å². The van der Waals surface area contributed by atoms with E-state index in [2.05, 4.69) is 0 Å². The minimum Gasteiger partial charge on any atom is -0.481 e. The first-order chi connectivity index (χ1) is 6.85. The van der Waals surface area contributed by atoms with Gasteiger partial charge in [0.15, 0.2) is 0 Å². The number of carboxylic acid groups (broad SMARTS) is 1. The van der Waals surface area contributed by atoms with Gasteiger partial charge in [-0.3, -0.25) is 4.79 Å². The van der Waals surface area contributed by atoms with Crippen LogP contribution in [0.2, 0.25) is 5.02 Å². The Bertz CT molecular complexity index is 359. The van der Waals surface area contributed by atoms with Gasteiger partial charge in [-0.1, -0.05) is 23.7 Å². The van der Waals surface area contributed by atoms with E-state index in [1.165, 1.54) is 26.0 Å².